The number of ether oxygens (including phenoxy) is 8. The van der Waals surface area contributed by atoms with Gasteiger partial charge in [-0.15, -0.1) is 0 Å². The fourth-order valence-corrected chi connectivity index (χ4v) is 8.29. The van der Waals surface area contributed by atoms with E-state index in [9.17, 15) is 20.7 Å². The molecule has 0 amide bonds. The number of methoxy groups -OCH3 is 4. The topological polar surface area (TPSA) is 205 Å². The highest BCUT2D eigenvalue weighted by Gasteiger charge is 2.42. The lowest BCUT2D eigenvalue weighted by Gasteiger charge is -2.27. The van der Waals surface area contributed by atoms with Crippen molar-refractivity contribution in [2.45, 2.75) is 131 Å². The molecule has 16 nitrogen and oxygen atoms in total. The third-order valence-corrected chi connectivity index (χ3v) is 12.5. The van der Waals surface area contributed by atoms with Crippen LogP contribution in [0, 0.1) is 47.3 Å². The summed E-state index contributed by atoms with van der Waals surface area (Å²) in [5.41, 5.74) is 20.1. The standard InChI is InChI=1S/2C25H39N3O5/c2*1-16(2)19(14-21(27-28-26)23-15-20(17(3)4)25(29)33-23)12-18-8-9-22(31-6)24(13-18)32-11-7-10-30-5/h2*8-9,13,16-17,19-21,23H,7,10-12,14-15H2,1-6H3/t19-,20-,21?,23?;19-,20-,21-,23-/m00/s1/i2*5D3,6D3. The highest BCUT2D eigenvalue weighted by atomic mass is 16.6. The summed E-state index contributed by atoms with van der Waals surface area (Å²) in [6.45, 7) is 16.2. The van der Waals surface area contributed by atoms with Crippen LogP contribution >= 0.6 is 0 Å². The fourth-order valence-electron chi connectivity index (χ4n) is 8.29. The Hall–Kier alpha value is -4.88. The smallest absolute Gasteiger partial charge is 0.309 e. The van der Waals surface area contributed by atoms with E-state index < -0.39 is 52.4 Å². The van der Waals surface area contributed by atoms with Crippen molar-refractivity contribution < 1.29 is 63.9 Å². The molecule has 0 bridgehead atoms. The van der Waals surface area contributed by atoms with Gasteiger partial charge in [-0.3, -0.25) is 9.59 Å². The minimum absolute atomic E-state index is 0.0427. The number of rotatable bonds is 28. The van der Waals surface area contributed by atoms with Crippen LogP contribution in [0.15, 0.2) is 46.6 Å². The van der Waals surface area contributed by atoms with Crippen molar-refractivity contribution in [3.8, 4) is 23.0 Å². The van der Waals surface area contributed by atoms with Crippen LogP contribution in [-0.2, 0) is 41.4 Å². The third-order valence-electron chi connectivity index (χ3n) is 12.5. The lowest BCUT2D eigenvalue weighted by atomic mass is 9.82. The first kappa shape index (κ1) is 39.1. The molecule has 2 aliphatic heterocycles. The third kappa shape index (κ3) is 17.4. The van der Waals surface area contributed by atoms with Gasteiger partial charge in [0.1, 0.15) is 12.2 Å². The van der Waals surface area contributed by atoms with E-state index in [-0.39, 0.29) is 122 Å². The molecule has 2 aliphatic rings. The molecular weight excluding hydrogens is 845 g/mol. The Labute approximate surface area is 410 Å². The molecule has 8 atom stereocenters. The zero-order valence-electron chi connectivity index (χ0n) is 51.6. The Morgan fingerprint density at radius 2 is 1.03 bits per heavy atom. The van der Waals surface area contributed by atoms with Crippen molar-refractivity contribution in [2.75, 3.05) is 54.6 Å². The van der Waals surface area contributed by atoms with Crippen molar-refractivity contribution in [2.24, 2.45) is 57.6 Å². The summed E-state index contributed by atoms with van der Waals surface area (Å²) in [6.07, 6.45) is 2.74. The second-order valence-corrected chi connectivity index (χ2v) is 18.4. The number of nitrogens with zero attached hydrogens (tertiary/aromatic N) is 6. The van der Waals surface area contributed by atoms with Gasteiger partial charge >= 0.3 is 11.9 Å². The predicted molar refractivity (Wildman–Crippen MR) is 255 cm³/mol. The Balaban J connectivity index is 0.000000410. The molecule has 0 N–H and O–H groups in total. The van der Waals surface area contributed by atoms with Crippen LogP contribution in [0.4, 0.5) is 0 Å². The molecule has 0 spiro atoms. The van der Waals surface area contributed by atoms with Gasteiger partial charge in [-0.2, -0.15) is 0 Å². The summed E-state index contributed by atoms with van der Waals surface area (Å²) in [6, 6.07) is 8.96. The van der Waals surface area contributed by atoms with Gasteiger partial charge in [-0.25, -0.2) is 0 Å². The summed E-state index contributed by atoms with van der Waals surface area (Å²) in [5, 5.41) is 7.98. The molecule has 0 saturated carbocycles. The van der Waals surface area contributed by atoms with Crippen molar-refractivity contribution in [1.29, 1.82) is 0 Å². The van der Waals surface area contributed by atoms with Crippen molar-refractivity contribution in [3.05, 3.63) is 68.4 Å². The Bertz CT molecular complexity index is 2150. The SMILES string of the molecule is [2H]C([2H])([2H])OCCCOc1cc(C[C@@H](CC(N=[N+]=[N-])C2C[C@@H](C(C)C)C(=O)O2)C(C)C)ccc1OC([2H])([2H])[2H].[2H]C([2H])([2H])OCCCOc1cc(C[C@@H](C[C@H](N=[N+]=[N-])[C@@H]2C[C@@H](C(C)C)C(=O)O2)C(C)C)ccc1OC([2H])([2H])[2H]. The average molecular weight is 935 g/mol. The Kier molecular flexibility index (Phi) is 17.2. The molecule has 2 unspecified atom stereocenters. The molecule has 2 aromatic rings. The summed E-state index contributed by atoms with van der Waals surface area (Å²) in [7, 11) is -10.4. The maximum Gasteiger partial charge on any atom is 0.309 e. The summed E-state index contributed by atoms with van der Waals surface area (Å²) < 4.78 is 130. The number of benzene rings is 2. The molecule has 2 fully saturated rings. The van der Waals surface area contributed by atoms with Gasteiger partial charge in [0.25, 0.3) is 0 Å². The molecule has 0 aromatic heterocycles. The molecule has 368 valence electrons. The van der Waals surface area contributed by atoms with Crippen LogP contribution in [0.5, 0.6) is 23.0 Å². The van der Waals surface area contributed by atoms with Gasteiger partial charge in [0, 0.05) is 50.0 Å². The molecule has 2 saturated heterocycles. The van der Waals surface area contributed by atoms with Crippen molar-refractivity contribution in [3.63, 3.8) is 0 Å². The molecule has 4 rings (SSSR count). The van der Waals surface area contributed by atoms with Crippen LogP contribution in [0.3, 0.4) is 0 Å². The highest BCUT2D eigenvalue weighted by molar-refractivity contribution is 5.75. The first-order valence-corrected chi connectivity index (χ1v) is 22.9. The van der Waals surface area contributed by atoms with Crippen LogP contribution in [-0.4, -0.2) is 90.8 Å². The molecule has 66 heavy (non-hydrogen) atoms. The maximum atomic E-state index is 12.3. The lowest BCUT2D eigenvalue weighted by molar-refractivity contribution is -0.146. The Morgan fingerprint density at radius 1 is 0.621 bits per heavy atom. The predicted octanol–water partition coefficient (Wildman–Crippen LogP) is 11.2. The molecule has 2 aromatic carbocycles. The van der Waals surface area contributed by atoms with Crippen LogP contribution < -0.4 is 18.9 Å². The largest absolute Gasteiger partial charge is 0.493 e. The van der Waals surface area contributed by atoms with E-state index in [1.165, 1.54) is 12.1 Å². The number of carbonyl (C=O) groups is 2. The molecule has 0 aliphatic carbocycles. The van der Waals surface area contributed by atoms with Crippen LogP contribution in [0.25, 0.3) is 20.9 Å². The minimum Gasteiger partial charge on any atom is -0.493 e. The van der Waals surface area contributed by atoms with Gasteiger partial charge in [0.2, 0.25) is 0 Å². The zero-order chi connectivity index (χ0) is 58.8. The van der Waals surface area contributed by atoms with Crippen molar-refractivity contribution >= 4 is 11.9 Å². The number of hydrogen-bond donors (Lipinski definition) is 0. The van der Waals surface area contributed by atoms with Crippen LogP contribution in [0.1, 0.15) is 121 Å². The van der Waals surface area contributed by atoms with Gasteiger partial charge in [-0.1, -0.05) is 77.8 Å². The zero-order valence-corrected chi connectivity index (χ0v) is 39.6. The summed E-state index contributed by atoms with van der Waals surface area (Å²) >= 11 is 0. The Morgan fingerprint density at radius 3 is 1.35 bits per heavy atom. The van der Waals surface area contributed by atoms with Crippen LogP contribution in [0.2, 0.25) is 0 Å². The van der Waals surface area contributed by atoms with Crippen molar-refractivity contribution in [1.82, 2.24) is 0 Å². The number of azide groups is 2. The number of carbonyl (C=O) groups excluding carboxylic acids is 2. The number of esters is 2. The molecule has 2 heterocycles. The van der Waals surface area contributed by atoms with E-state index >= 15 is 0 Å². The first-order chi connectivity index (χ1) is 36.2. The normalized spacial score (nSPS) is 23.3. The van der Waals surface area contributed by atoms with E-state index in [1.807, 2.05) is 27.7 Å². The van der Waals surface area contributed by atoms with E-state index in [1.54, 1.807) is 24.3 Å². The number of hydrogen-bond acceptors (Lipinski definition) is 12. The quantitative estimate of drug-likeness (QED) is 0.0259. The van der Waals surface area contributed by atoms with Gasteiger partial charge in [0.15, 0.2) is 23.0 Å². The molecular formula is C50H78N6O10. The number of cyclic esters (lactones) is 2. The summed E-state index contributed by atoms with van der Waals surface area (Å²) in [5.74, 6) is 0.301. The fraction of sp³-hybridized carbons (Fsp3) is 0.720. The van der Waals surface area contributed by atoms with E-state index in [4.69, 9.17) is 54.3 Å². The lowest BCUT2D eigenvalue weighted by Crippen LogP contribution is -2.29. The molecule has 0 radical (unpaired) electrons. The first-order valence-electron chi connectivity index (χ1n) is 28.9. The second kappa shape index (κ2) is 29.0. The minimum atomic E-state index is -2.68. The second-order valence-electron chi connectivity index (χ2n) is 18.4. The summed E-state index contributed by atoms with van der Waals surface area (Å²) in [4.78, 5) is 30.7. The molecule has 16 heteroatoms. The van der Waals surface area contributed by atoms with E-state index in [0.29, 0.717) is 38.5 Å². The van der Waals surface area contributed by atoms with Gasteiger partial charge in [-0.05, 0) is 120 Å². The monoisotopic (exact) mass is 935 g/mol. The average Bonchev–Trinajstić information content (AvgIpc) is 3.90. The van der Waals surface area contributed by atoms with E-state index in [0.717, 1.165) is 11.1 Å². The van der Waals surface area contributed by atoms with E-state index in [2.05, 4.69) is 47.7 Å². The highest BCUT2D eigenvalue weighted by Crippen LogP contribution is 2.38. The van der Waals surface area contributed by atoms with Gasteiger partial charge < -0.3 is 37.9 Å². The van der Waals surface area contributed by atoms with Gasteiger partial charge in [0.05, 0.1) is 67.7 Å². The maximum absolute atomic E-state index is 12.3.